The minimum atomic E-state index is -4.21. The summed E-state index contributed by atoms with van der Waals surface area (Å²) in [7, 11) is 0. The van der Waals surface area contributed by atoms with Crippen LogP contribution in [0.1, 0.15) is 11.8 Å². The predicted molar refractivity (Wildman–Crippen MR) is 36.8 cm³/mol. The van der Waals surface area contributed by atoms with Gasteiger partial charge in [-0.3, -0.25) is 0 Å². The number of aromatic nitrogens is 2. The lowest BCUT2D eigenvalue weighted by Crippen LogP contribution is -2.28. The van der Waals surface area contributed by atoms with E-state index in [1.807, 2.05) is 0 Å². The molecule has 1 aromatic rings. The maximum atomic E-state index is 11.6. The topological polar surface area (TPSA) is 51.0 Å². The minimum Gasteiger partial charge on any atom is -0.424 e. The van der Waals surface area contributed by atoms with Crippen LogP contribution in [-0.2, 0) is 6.54 Å². The van der Waals surface area contributed by atoms with Crippen LogP contribution in [0.25, 0.3) is 0 Å². The zero-order valence-corrected chi connectivity index (χ0v) is 6.85. The Labute approximate surface area is 72.1 Å². The van der Waals surface area contributed by atoms with Crippen LogP contribution in [0, 0.1) is 6.92 Å². The summed E-state index contributed by atoms with van der Waals surface area (Å²) < 4.78 is 39.7. The van der Waals surface area contributed by atoms with Crippen molar-refractivity contribution in [2.24, 2.45) is 0 Å². The number of rotatable bonds is 3. The normalized spacial score (nSPS) is 12.0. The van der Waals surface area contributed by atoms with E-state index in [4.69, 9.17) is 4.42 Å². The fourth-order valence-electron chi connectivity index (χ4n) is 0.720. The highest BCUT2D eigenvalue weighted by Gasteiger charge is 2.26. The van der Waals surface area contributed by atoms with Crippen molar-refractivity contribution in [3.05, 3.63) is 11.8 Å². The summed E-state index contributed by atoms with van der Waals surface area (Å²) in [5.41, 5.74) is 0. The van der Waals surface area contributed by atoms with Gasteiger partial charge in [0.05, 0.1) is 13.1 Å². The van der Waals surface area contributed by atoms with Crippen molar-refractivity contribution in [1.29, 1.82) is 0 Å². The highest BCUT2D eigenvalue weighted by atomic mass is 19.4. The Balaban J connectivity index is 2.28. The Kier molecular flexibility index (Phi) is 2.86. The molecule has 0 amide bonds. The van der Waals surface area contributed by atoms with E-state index in [0.717, 1.165) is 0 Å². The number of hydrogen-bond acceptors (Lipinski definition) is 4. The predicted octanol–water partition coefficient (Wildman–Crippen LogP) is 1.03. The van der Waals surface area contributed by atoms with E-state index in [9.17, 15) is 13.2 Å². The molecule has 4 nitrogen and oxygen atoms in total. The second kappa shape index (κ2) is 3.73. The zero-order chi connectivity index (χ0) is 9.90. The standard InChI is InChI=1S/C6H8F3N3O/c1-4-11-12-5(13-4)2-10-3-6(7,8)9/h10H,2-3H2,1H3. The Bertz CT molecular complexity index is 270. The Morgan fingerprint density at radius 1 is 1.38 bits per heavy atom. The third-order valence-electron chi connectivity index (χ3n) is 1.17. The molecule has 1 heterocycles. The quantitative estimate of drug-likeness (QED) is 0.782. The molecule has 0 aliphatic rings. The zero-order valence-electron chi connectivity index (χ0n) is 6.85. The molecular weight excluding hydrogens is 187 g/mol. The van der Waals surface area contributed by atoms with Gasteiger partial charge in [-0.2, -0.15) is 13.2 Å². The molecule has 0 saturated carbocycles. The van der Waals surface area contributed by atoms with Gasteiger partial charge in [0, 0.05) is 6.92 Å². The molecule has 0 aliphatic heterocycles. The van der Waals surface area contributed by atoms with Crippen LogP contribution in [0.4, 0.5) is 13.2 Å². The van der Waals surface area contributed by atoms with Crippen LogP contribution in [0.15, 0.2) is 4.42 Å². The maximum Gasteiger partial charge on any atom is 0.401 e. The second-order valence-electron chi connectivity index (χ2n) is 2.43. The molecule has 0 fully saturated rings. The van der Waals surface area contributed by atoms with Gasteiger partial charge in [-0.15, -0.1) is 10.2 Å². The van der Waals surface area contributed by atoms with Gasteiger partial charge in [-0.25, -0.2) is 0 Å². The number of aryl methyl sites for hydroxylation is 1. The molecule has 1 N–H and O–H groups in total. The average Bonchev–Trinajstić information content (AvgIpc) is 2.33. The van der Waals surface area contributed by atoms with Crippen molar-refractivity contribution in [2.45, 2.75) is 19.6 Å². The SMILES string of the molecule is Cc1nnc(CNCC(F)(F)F)o1. The van der Waals surface area contributed by atoms with Crippen molar-refractivity contribution < 1.29 is 17.6 Å². The summed E-state index contributed by atoms with van der Waals surface area (Å²) in [6.45, 7) is 0.440. The summed E-state index contributed by atoms with van der Waals surface area (Å²) in [4.78, 5) is 0. The molecule has 7 heteroatoms. The van der Waals surface area contributed by atoms with Crippen LogP contribution in [0.5, 0.6) is 0 Å². The molecule has 0 aliphatic carbocycles. The van der Waals surface area contributed by atoms with E-state index < -0.39 is 12.7 Å². The molecule has 0 spiro atoms. The first-order valence-corrected chi connectivity index (χ1v) is 3.54. The lowest BCUT2D eigenvalue weighted by atomic mass is 10.5. The van der Waals surface area contributed by atoms with Crippen molar-refractivity contribution in [2.75, 3.05) is 6.54 Å². The molecule has 0 aromatic carbocycles. The summed E-state index contributed by atoms with van der Waals surface area (Å²) in [6.07, 6.45) is -4.21. The fourth-order valence-corrected chi connectivity index (χ4v) is 0.720. The van der Waals surface area contributed by atoms with Crippen molar-refractivity contribution in [3.63, 3.8) is 0 Å². The summed E-state index contributed by atoms with van der Waals surface area (Å²) in [6, 6.07) is 0. The average molecular weight is 195 g/mol. The maximum absolute atomic E-state index is 11.6. The van der Waals surface area contributed by atoms with E-state index in [2.05, 4.69) is 15.5 Å². The number of alkyl halides is 3. The minimum absolute atomic E-state index is 0.0691. The molecule has 13 heavy (non-hydrogen) atoms. The number of hydrogen-bond donors (Lipinski definition) is 1. The molecule has 0 radical (unpaired) electrons. The van der Waals surface area contributed by atoms with E-state index in [0.29, 0.717) is 5.89 Å². The summed E-state index contributed by atoms with van der Waals surface area (Å²) >= 11 is 0. The monoisotopic (exact) mass is 195 g/mol. The largest absolute Gasteiger partial charge is 0.424 e. The van der Waals surface area contributed by atoms with E-state index >= 15 is 0 Å². The Morgan fingerprint density at radius 3 is 2.54 bits per heavy atom. The second-order valence-corrected chi connectivity index (χ2v) is 2.43. The van der Waals surface area contributed by atoms with E-state index in [1.54, 1.807) is 6.92 Å². The summed E-state index contributed by atoms with van der Waals surface area (Å²) in [5, 5.41) is 9.12. The van der Waals surface area contributed by atoms with Gasteiger partial charge in [-0.1, -0.05) is 0 Å². The van der Waals surface area contributed by atoms with E-state index in [-0.39, 0.29) is 12.4 Å². The van der Waals surface area contributed by atoms with Crippen LogP contribution >= 0.6 is 0 Å². The van der Waals surface area contributed by atoms with E-state index in [1.165, 1.54) is 0 Å². The molecular formula is C6H8F3N3O. The van der Waals surface area contributed by atoms with Crippen LogP contribution in [0.2, 0.25) is 0 Å². The fraction of sp³-hybridized carbons (Fsp3) is 0.667. The molecule has 0 bridgehead atoms. The highest BCUT2D eigenvalue weighted by Crippen LogP contribution is 2.12. The van der Waals surface area contributed by atoms with Crippen molar-refractivity contribution in [1.82, 2.24) is 15.5 Å². The summed E-state index contributed by atoms with van der Waals surface area (Å²) in [5.74, 6) is 0.491. The first-order chi connectivity index (χ1) is 5.97. The van der Waals surface area contributed by atoms with Gasteiger partial charge in [0.25, 0.3) is 0 Å². The molecule has 1 rings (SSSR count). The lowest BCUT2D eigenvalue weighted by Gasteiger charge is -2.05. The molecule has 1 aromatic heterocycles. The van der Waals surface area contributed by atoms with Gasteiger partial charge in [-0.05, 0) is 0 Å². The van der Waals surface area contributed by atoms with Gasteiger partial charge >= 0.3 is 6.18 Å². The number of halogens is 3. The third-order valence-corrected chi connectivity index (χ3v) is 1.17. The smallest absolute Gasteiger partial charge is 0.401 e. The van der Waals surface area contributed by atoms with Gasteiger partial charge in [0.1, 0.15) is 0 Å². The molecule has 0 atom stereocenters. The van der Waals surface area contributed by atoms with Crippen molar-refractivity contribution in [3.8, 4) is 0 Å². The van der Waals surface area contributed by atoms with Crippen LogP contribution < -0.4 is 5.32 Å². The lowest BCUT2D eigenvalue weighted by molar-refractivity contribution is -0.125. The van der Waals surface area contributed by atoms with Gasteiger partial charge in [0.2, 0.25) is 11.8 Å². The highest BCUT2D eigenvalue weighted by molar-refractivity contribution is 4.78. The molecule has 0 saturated heterocycles. The Hall–Kier alpha value is -1.11. The van der Waals surface area contributed by atoms with Crippen LogP contribution in [0.3, 0.4) is 0 Å². The number of nitrogens with zero attached hydrogens (tertiary/aromatic N) is 2. The molecule has 74 valence electrons. The number of nitrogens with one attached hydrogen (secondary N) is 1. The van der Waals surface area contributed by atoms with Gasteiger partial charge < -0.3 is 9.73 Å². The first-order valence-electron chi connectivity index (χ1n) is 3.54. The third kappa shape index (κ3) is 3.88. The Morgan fingerprint density at radius 2 is 2.08 bits per heavy atom. The molecule has 0 unspecified atom stereocenters. The van der Waals surface area contributed by atoms with Crippen LogP contribution in [-0.4, -0.2) is 22.9 Å². The van der Waals surface area contributed by atoms with Crippen molar-refractivity contribution >= 4 is 0 Å². The first kappa shape index (κ1) is 9.97. The van der Waals surface area contributed by atoms with Gasteiger partial charge in [0.15, 0.2) is 0 Å².